The molecule has 1 heterocycles. The lowest BCUT2D eigenvalue weighted by Gasteiger charge is -2.07. The molecule has 0 spiro atoms. The second-order valence-corrected chi connectivity index (χ2v) is 4.85. The summed E-state index contributed by atoms with van der Waals surface area (Å²) in [4.78, 5) is 15.5. The molecule has 0 aliphatic rings. The number of aromatic nitrogens is 1. The maximum absolute atomic E-state index is 12.4. The van der Waals surface area contributed by atoms with Crippen LogP contribution in [-0.4, -0.2) is 17.4 Å². The van der Waals surface area contributed by atoms with E-state index in [4.69, 9.17) is 0 Å². The van der Waals surface area contributed by atoms with Gasteiger partial charge < -0.3 is 5.32 Å². The molecule has 0 bridgehead atoms. The van der Waals surface area contributed by atoms with Crippen molar-refractivity contribution in [2.45, 2.75) is 12.6 Å². The van der Waals surface area contributed by atoms with Crippen molar-refractivity contribution in [3.05, 3.63) is 71.6 Å². The van der Waals surface area contributed by atoms with E-state index in [2.05, 4.69) is 10.3 Å². The van der Waals surface area contributed by atoms with E-state index in [-0.39, 0.29) is 5.91 Å². The fourth-order valence-electron chi connectivity index (χ4n) is 1.90. The molecule has 0 atom stereocenters. The first-order chi connectivity index (χ1) is 10.9. The highest BCUT2D eigenvalue weighted by Gasteiger charge is 2.29. The lowest BCUT2D eigenvalue weighted by Crippen LogP contribution is -2.23. The van der Waals surface area contributed by atoms with Crippen molar-refractivity contribution >= 4 is 12.0 Å². The monoisotopic (exact) mass is 320 g/mol. The van der Waals surface area contributed by atoms with Crippen LogP contribution in [0, 0.1) is 0 Å². The van der Waals surface area contributed by atoms with E-state index in [1.807, 2.05) is 0 Å². The molecule has 0 unspecified atom stereocenters. The van der Waals surface area contributed by atoms with Gasteiger partial charge in [0.25, 0.3) is 0 Å². The van der Waals surface area contributed by atoms with Crippen LogP contribution in [0.1, 0.15) is 16.7 Å². The molecule has 23 heavy (non-hydrogen) atoms. The van der Waals surface area contributed by atoms with Crippen molar-refractivity contribution in [1.82, 2.24) is 10.3 Å². The quantitative estimate of drug-likeness (QED) is 0.857. The summed E-state index contributed by atoms with van der Waals surface area (Å²) in [5.41, 5.74) is 0.917. The molecule has 0 aliphatic heterocycles. The number of amides is 1. The van der Waals surface area contributed by atoms with E-state index in [0.717, 1.165) is 23.3 Å². The molecular weight excluding hydrogens is 305 g/mol. The molecule has 120 valence electrons. The Bertz CT molecular complexity index is 664. The first-order valence-electron chi connectivity index (χ1n) is 6.97. The molecule has 1 aromatic heterocycles. The number of alkyl halides is 3. The van der Waals surface area contributed by atoms with Gasteiger partial charge in [-0.25, -0.2) is 0 Å². The van der Waals surface area contributed by atoms with Gasteiger partial charge in [-0.3, -0.25) is 9.78 Å². The molecular formula is C17H15F3N2O. The van der Waals surface area contributed by atoms with E-state index in [1.165, 1.54) is 18.2 Å². The van der Waals surface area contributed by atoms with Crippen molar-refractivity contribution < 1.29 is 18.0 Å². The average molecular weight is 320 g/mol. The van der Waals surface area contributed by atoms with Crippen molar-refractivity contribution in [3.8, 4) is 0 Å². The van der Waals surface area contributed by atoms with Crippen LogP contribution in [-0.2, 0) is 17.4 Å². The van der Waals surface area contributed by atoms with Gasteiger partial charge in [-0.15, -0.1) is 0 Å². The Labute approximate surface area is 131 Å². The number of carbonyl (C=O) groups is 1. The summed E-state index contributed by atoms with van der Waals surface area (Å²) in [6.45, 7) is 0.352. The minimum atomic E-state index is -4.33. The van der Waals surface area contributed by atoms with Crippen LogP contribution in [0.2, 0.25) is 0 Å². The van der Waals surface area contributed by atoms with E-state index in [0.29, 0.717) is 13.0 Å². The number of benzene rings is 1. The summed E-state index contributed by atoms with van der Waals surface area (Å²) in [6, 6.07) is 8.46. The third-order valence-electron chi connectivity index (χ3n) is 3.13. The molecule has 0 radical (unpaired) electrons. The Morgan fingerprint density at radius 3 is 2.35 bits per heavy atom. The Balaban J connectivity index is 1.78. The Morgan fingerprint density at radius 2 is 1.74 bits per heavy atom. The third-order valence-corrected chi connectivity index (χ3v) is 3.13. The molecule has 1 N–H and O–H groups in total. The molecule has 2 aromatic rings. The van der Waals surface area contributed by atoms with Crippen molar-refractivity contribution in [2.24, 2.45) is 0 Å². The van der Waals surface area contributed by atoms with Crippen LogP contribution in [0.25, 0.3) is 6.08 Å². The highest BCUT2D eigenvalue weighted by Crippen LogP contribution is 2.29. The first kappa shape index (κ1) is 16.7. The van der Waals surface area contributed by atoms with Gasteiger partial charge in [0, 0.05) is 25.0 Å². The van der Waals surface area contributed by atoms with Crippen LogP contribution >= 0.6 is 0 Å². The minimum Gasteiger partial charge on any atom is -0.352 e. The molecule has 3 nitrogen and oxygen atoms in total. The van der Waals surface area contributed by atoms with Gasteiger partial charge >= 0.3 is 6.18 Å². The minimum absolute atomic E-state index is 0.256. The molecule has 1 amide bonds. The van der Waals surface area contributed by atoms with Gasteiger partial charge in [-0.2, -0.15) is 13.2 Å². The second-order valence-electron chi connectivity index (χ2n) is 4.85. The standard InChI is InChI=1S/C17H15F3N2O/c18-17(19,20)15-4-1-13(2-5-15)9-12-22-16(23)6-3-14-7-10-21-11-8-14/h1-8,10-11H,9,12H2,(H,22,23)/b6-3+. The lowest BCUT2D eigenvalue weighted by atomic mass is 10.1. The Hall–Kier alpha value is -2.63. The maximum Gasteiger partial charge on any atom is 0.416 e. The predicted octanol–water partition coefficient (Wildman–Crippen LogP) is 3.47. The number of pyridine rings is 1. The number of nitrogens with zero attached hydrogens (tertiary/aromatic N) is 1. The largest absolute Gasteiger partial charge is 0.416 e. The molecule has 0 aliphatic carbocycles. The second kappa shape index (κ2) is 7.58. The molecule has 6 heteroatoms. The molecule has 2 rings (SSSR count). The summed E-state index contributed by atoms with van der Waals surface area (Å²) >= 11 is 0. The van der Waals surface area contributed by atoms with Crippen LogP contribution < -0.4 is 5.32 Å². The zero-order valence-electron chi connectivity index (χ0n) is 12.2. The first-order valence-corrected chi connectivity index (χ1v) is 6.97. The lowest BCUT2D eigenvalue weighted by molar-refractivity contribution is -0.137. The topological polar surface area (TPSA) is 42.0 Å². The van der Waals surface area contributed by atoms with Crippen LogP contribution in [0.5, 0.6) is 0 Å². The summed E-state index contributed by atoms with van der Waals surface area (Å²) in [6.07, 6.45) is 2.46. The zero-order chi connectivity index (χ0) is 16.7. The number of rotatable bonds is 5. The van der Waals surface area contributed by atoms with E-state index in [9.17, 15) is 18.0 Å². The molecule has 0 saturated carbocycles. The highest BCUT2D eigenvalue weighted by molar-refractivity contribution is 5.91. The van der Waals surface area contributed by atoms with Gasteiger partial charge in [-0.1, -0.05) is 12.1 Å². The number of hydrogen-bond donors (Lipinski definition) is 1. The van der Waals surface area contributed by atoms with Crippen molar-refractivity contribution in [2.75, 3.05) is 6.54 Å². The van der Waals surface area contributed by atoms with Gasteiger partial charge in [0.15, 0.2) is 0 Å². The van der Waals surface area contributed by atoms with Gasteiger partial charge in [0.05, 0.1) is 5.56 Å². The van der Waals surface area contributed by atoms with Gasteiger partial charge in [-0.05, 0) is 47.9 Å². The normalized spacial score (nSPS) is 11.6. The van der Waals surface area contributed by atoms with E-state index in [1.54, 1.807) is 30.6 Å². The summed E-state index contributed by atoms with van der Waals surface area (Å²) in [5, 5.41) is 2.68. The summed E-state index contributed by atoms with van der Waals surface area (Å²) < 4.78 is 37.3. The molecule has 0 fully saturated rings. The number of nitrogens with one attached hydrogen (secondary N) is 1. The SMILES string of the molecule is O=C(/C=C/c1ccncc1)NCCc1ccc(C(F)(F)F)cc1. The van der Waals surface area contributed by atoms with Crippen LogP contribution in [0.3, 0.4) is 0 Å². The smallest absolute Gasteiger partial charge is 0.352 e. The molecule has 1 aromatic carbocycles. The highest BCUT2D eigenvalue weighted by atomic mass is 19.4. The van der Waals surface area contributed by atoms with Crippen molar-refractivity contribution in [1.29, 1.82) is 0 Å². The Morgan fingerprint density at radius 1 is 1.09 bits per heavy atom. The van der Waals surface area contributed by atoms with Gasteiger partial charge in [0.2, 0.25) is 5.91 Å². The predicted molar refractivity (Wildman–Crippen MR) is 81.4 cm³/mol. The van der Waals surface area contributed by atoms with Crippen molar-refractivity contribution in [3.63, 3.8) is 0 Å². The molecule has 0 saturated heterocycles. The Kier molecular flexibility index (Phi) is 5.51. The number of halogens is 3. The summed E-state index contributed by atoms with van der Waals surface area (Å²) in [7, 11) is 0. The maximum atomic E-state index is 12.4. The fraction of sp³-hybridized carbons (Fsp3) is 0.176. The van der Waals surface area contributed by atoms with Gasteiger partial charge in [0.1, 0.15) is 0 Å². The fourth-order valence-corrected chi connectivity index (χ4v) is 1.90. The number of carbonyl (C=O) groups excluding carboxylic acids is 1. The average Bonchev–Trinajstić information content (AvgIpc) is 2.53. The van der Waals surface area contributed by atoms with E-state index < -0.39 is 11.7 Å². The van der Waals surface area contributed by atoms with Crippen LogP contribution in [0.15, 0.2) is 54.9 Å². The van der Waals surface area contributed by atoms with E-state index >= 15 is 0 Å². The summed E-state index contributed by atoms with van der Waals surface area (Å²) in [5.74, 6) is -0.256. The zero-order valence-corrected chi connectivity index (χ0v) is 12.2. The van der Waals surface area contributed by atoms with Crippen LogP contribution in [0.4, 0.5) is 13.2 Å². The third kappa shape index (κ3) is 5.58. The number of hydrogen-bond acceptors (Lipinski definition) is 2.